The lowest BCUT2D eigenvalue weighted by Crippen LogP contribution is -2.04. The van der Waals surface area contributed by atoms with E-state index in [1.807, 2.05) is 0 Å². The Bertz CT molecular complexity index is 1120. The van der Waals surface area contributed by atoms with E-state index in [1.54, 1.807) is 37.4 Å². The van der Waals surface area contributed by atoms with Crippen LogP contribution in [0.4, 0.5) is 17.6 Å². The maximum Gasteiger partial charge on any atom is 0.416 e. The number of halogens is 4. The van der Waals surface area contributed by atoms with E-state index in [0.717, 1.165) is 17.7 Å². The molecule has 0 aliphatic heterocycles. The van der Waals surface area contributed by atoms with Gasteiger partial charge < -0.3 is 4.74 Å². The van der Waals surface area contributed by atoms with Crippen molar-refractivity contribution in [2.24, 2.45) is 0 Å². The molecule has 0 aromatic heterocycles. The second-order valence-corrected chi connectivity index (χ2v) is 6.00. The molecular formula is C24H14F4O. The fourth-order valence-electron chi connectivity index (χ4n) is 2.39. The summed E-state index contributed by atoms with van der Waals surface area (Å²) >= 11 is 0. The molecule has 0 saturated carbocycles. The molecule has 1 nitrogen and oxygen atoms in total. The lowest BCUT2D eigenvalue weighted by atomic mass is 10.1. The van der Waals surface area contributed by atoms with E-state index >= 15 is 0 Å². The third-order valence-electron chi connectivity index (χ3n) is 3.96. The molecular weight excluding hydrogens is 380 g/mol. The van der Waals surface area contributed by atoms with Gasteiger partial charge in [-0.1, -0.05) is 23.7 Å². The Hall–Kier alpha value is -3.70. The second-order valence-electron chi connectivity index (χ2n) is 6.00. The van der Waals surface area contributed by atoms with Gasteiger partial charge in [0.2, 0.25) is 0 Å². The average Bonchev–Trinajstić information content (AvgIpc) is 2.71. The molecule has 0 aliphatic rings. The van der Waals surface area contributed by atoms with Gasteiger partial charge in [0, 0.05) is 16.7 Å². The largest absolute Gasteiger partial charge is 0.497 e. The van der Waals surface area contributed by atoms with Gasteiger partial charge in [-0.3, -0.25) is 0 Å². The monoisotopic (exact) mass is 394 g/mol. The van der Waals surface area contributed by atoms with Crippen molar-refractivity contribution >= 4 is 0 Å². The first-order chi connectivity index (χ1) is 13.8. The summed E-state index contributed by atoms with van der Waals surface area (Å²) in [5.41, 5.74) is 1.00. The van der Waals surface area contributed by atoms with Crippen LogP contribution in [-0.2, 0) is 6.18 Å². The molecule has 0 radical (unpaired) electrons. The van der Waals surface area contributed by atoms with Crippen LogP contribution >= 0.6 is 0 Å². The summed E-state index contributed by atoms with van der Waals surface area (Å²) in [7, 11) is 1.57. The minimum Gasteiger partial charge on any atom is -0.497 e. The summed E-state index contributed by atoms with van der Waals surface area (Å²) in [6.45, 7) is 0. The van der Waals surface area contributed by atoms with Gasteiger partial charge in [0.25, 0.3) is 0 Å². The van der Waals surface area contributed by atoms with E-state index < -0.39 is 17.6 Å². The molecule has 3 rings (SSSR count). The Balaban J connectivity index is 1.75. The molecule has 0 bridgehead atoms. The number of methoxy groups -OCH3 is 1. The van der Waals surface area contributed by atoms with Crippen molar-refractivity contribution in [1.29, 1.82) is 0 Å². The Morgan fingerprint density at radius 3 is 1.76 bits per heavy atom. The molecule has 0 unspecified atom stereocenters. The van der Waals surface area contributed by atoms with Crippen molar-refractivity contribution in [1.82, 2.24) is 0 Å². The van der Waals surface area contributed by atoms with Gasteiger partial charge in [0.15, 0.2) is 0 Å². The fraction of sp³-hybridized carbons (Fsp3) is 0.0833. The molecule has 0 fully saturated rings. The molecule has 0 spiro atoms. The smallest absolute Gasteiger partial charge is 0.416 e. The van der Waals surface area contributed by atoms with Gasteiger partial charge in [-0.15, -0.1) is 0 Å². The Kier molecular flexibility index (Phi) is 5.90. The van der Waals surface area contributed by atoms with Crippen LogP contribution in [0.15, 0.2) is 66.7 Å². The van der Waals surface area contributed by atoms with Crippen LogP contribution in [-0.4, -0.2) is 7.11 Å². The van der Waals surface area contributed by atoms with Crippen molar-refractivity contribution in [3.8, 4) is 29.4 Å². The lowest BCUT2D eigenvalue weighted by Gasteiger charge is -2.05. The van der Waals surface area contributed by atoms with Crippen LogP contribution in [0.5, 0.6) is 5.75 Å². The minimum atomic E-state index is -4.39. The van der Waals surface area contributed by atoms with Crippen LogP contribution in [0, 0.1) is 29.5 Å². The Morgan fingerprint density at radius 2 is 1.21 bits per heavy atom. The van der Waals surface area contributed by atoms with E-state index in [1.165, 1.54) is 24.3 Å². The highest BCUT2D eigenvalue weighted by Gasteiger charge is 2.29. The highest BCUT2D eigenvalue weighted by Crippen LogP contribution is 2.28. The summed E-state index contributed by atoms with van der Waals surface area (Å²) in [5.74, 6) is 11.3. The zero-order valence-electron chi connectivity index (χ0n) is 15.3. The molecule has 144 valence electrons. The van der Waals surface area contributed by atoms with E-state index in [-0.39, 0.29) is 5.56 Å². The minimum absolute atomic E-state index is 0.223. The number of ether oxygens (including phenoxy) is 1. The first-order valence-electron chi connectivity index (χ1n) is 8.50. The van der Waals surface area contributed by atoms with E-state index in [4.69, 9.17) is 4.74 Å². The average molecular weight is 394 g/mol. The van der Waals surface area contributed by atoms with Crippen molar-refractivity contribution < 1.29 is 22.3 Å². The second kappa shape index (κ2) is 8.54. The molecule has 5 heteroatoms. The van der Waals surface area contributed by atoms with Crippen LogP contribution in [0.2, 0.25) is 0 Å². The maximum atomic E-state index is 14.3. The quantitative estimate of drug-likeness (QED) is 0.383. The fourth-order valence-corrected chi connectivity index (χ4v) is 2.39. The molecule has 0 N–H and O–H groups in total. The number of alkyl halides is 3. The summed E-state index contributed by atoms with van der Waals surface area (Å²) in [6, 6.07) is 15.9. The van der Waals surface area contributed by atoms with Gasteiger partial charge in [0.05, 0.1) is 18.2 Å². The van der Waals surface area contributed by atoms with Gasteiger partial charge in [-0.05, 0) is 66.7 Å². The Morgan fingerprint density at radius 1 is 0.690 bits per heavy atom. The zero-order valence-corrected chi connectivity index (χ0v) is 15.3. The normalized spacial score (nSPS) is 10.4. The summed E-state index contributed by atoms with van der Waals surface area (Å²) in [4.78, 5) is 0. The third-order valence-corrected chi connectivity index (χ3v) is 3.96. The van der Waals surface area contributed by atoms with Gasteiger partial charge in [-0.2, -0.15) is 13.2 Å². The third kappa shape index (κ3) is 5.40. The first-order valence-corrected chi connectivity index (χ1v) is 8.50. The van der Waals surface area contributed by atoms with Gasteiger partial charge in [0.1, 0.15) is 11.6 Å². The first kappa shape index (κ1) is 20.0. The maximum absolute atomic E-state index is 14.3. The van der Waals surface area contributed by atoms with Crippen molar-refractivity contribution in [2.75, 3.05) is 7.11 Å². The Labute approximate surface area is 166 Å². The van der Waals surface area contributed by atoms with Crippen LogP contribution in [0.3, 0.4) is 0 Å². The molecule has 0 saturated heterocycles. The zero-order chi connectivity index (χ0) is 20.9. The number of rotatable bonds is 1. The number of hydrogen-bond acceptors (Lipinski definition) is 1. The summed E-state index contributed by atoms with van der Waals surface area (Å²) in [5, 5.41) is 0. The van der Waals surface area contributed by atoms with Crippen molar-refractivity contribution in [2.45, 2.75) is 6.18 Å². The molecule has 0 atom stereocenters. The summed E-state index contributed by atoms with van der Waals surface area (Å²) in [6.07, 6.45) is -4.39. The molecule has 0 aliphatic carbocycles. The van der Waals surface area contributed by atoms with Gasteiger partial charge >= 0.3 is 6.18 Å². The lowest BCUT2D eigenvalue weighted by molar-refractivity contribution is -0.137. The van der Waals surface area contributed by atoms with E-state index in [0.29, 0.717) is 16.9 Å². The van der Waals surface area contributed by atoms with Crippen molar-refractivity contribution in [3.63, 3.8) is 0 Å². The highest BCUT2D eigenvalue weighted by atomic mass is 19.4. The molecule has 0 heterocycles. The number of benzene rings is 3. The summed E-state index contributed by atoms with van der Waals surface area (Å²) < 4.78 is 57.0. The predicted molar refractivity (Wildman–Crippen MR) is 103 cm³/mol. The van der Waals surface area contributed by atoms with E-state index in [9.17, 15) is 17.6 Å². The number of hydrogen-bond donors (Lipinski definition) is 0. The molecule has 29 heavy (non-hydrogen) atoms. The van der Waals surface area contributed by atoms with E-state index in [2.05, 4.69) is 23.7 Å². The van der Waals surface area contributed by atoms with Crippen molar-refractivity contribution in [3.05, 3.63) is 100 Å². The predicted octanol–water partition coefficient (Wildman–Crippen LogP) is 5.65. The van der Waals surface area contributed by atoms with Crippen LogP contribution < -0.4 is 4.74 Å². The molecule has 0 amide bonds. The SMILES string of the molecule is COc1ccc(C#Cc2ccc(C#Cc3ccc(C(F)(F)F)cc3)cc2F)cc1. The molecule has 3 aromatic carbocycles. The highest BCUT2D eigenvalue weighted by molar-refractivity contribution is 5.49. The molecule has 3 aromatic rings. The van der Waals surface area contributed by atoms with Crippen LogP contribution in [0.1, 0.15) is 27.8 Å². The van der Waals surface area contributed by atoms with Crippen LogP contribution in [0.25, 0.3) is 0 Å². The standard InChI is InChI=1S/C24H14F4O/c1-29-22-14-8-18(9-15-22)4-10-20-11-5-19(16-23(20)25)3-2-17-6-12-21(13-7-17)24(26,27)28/h5-9,11-16H,1H3. The van der Waals surface area contributed by atoms with Gasteiger partial charge in [-0.25, -0.2) is 4.39 Å². The topological polar surface area (TPSA) is 9.23 Å².